The van der Waals surface area contributed by atoms with E-state index in [1.807, 2.05) is 0 Å². The number of benzene rings is 2. The number of anilines is 2. The van der Waals surface area contributed by atoms with Crippen LogP contribution in [0.2, 0.25) is 0 Å². The highest BCUT2D eigenvalue weighted by Gasteiger charge is 2.22. The van der Waals surface area contributed by atoms with Gasteiger partial charge in [-0.15, -0.1) is 0 Å². The Balaban J connectivity index is 2.16. The first kappa shape index (κ1) is 25.5. The lowest BCUT2D eigenvalue weighted by Crippen LogP contribution is -2.43. The van der Waals surface area contributed by atoms with Crippen LogP contribution in [-0.2, 0) is 19.6 Å². The van der Waals surface area contributed by atoms with Crippen LogP contribution in [0.25, 0.3) is 0 Å². The smallest absolute Gasteiger partial charge is 0.408 e. The average Bonchev–Trinajstić information content (AvgIpc) is 2.66. The lowest BCUT2D eigenvalue weighted by molar-refractivity contribution is -0.117. The zero-order chi connectivity index (χ0) is 24.1. The summed E-state index contributed by atoms with van der Waals surface area (Å²) < 4.78 is 39.0. The molecular weight excluding hydrogens is 502 g/mol. The van der Waals surface area contributed by atoms with Crippen molar-refractivity contribution in [3.05, 3.63) is 46.9 Å². The van der Waals surface area contributed by atoms with Crippen LogP contribution >= 0.6 is 15.9 Å². The summed E-state index contributed by atoms with van der Waals surface area (Å²) in [6.45, 7) is 6.64. The summed E-state index contributed by atoms with van der Waals surface area (Å²) >= 11 is 3.27. The first-order valence-corrected chi connectivity index (χ1v) is 11.8. The van der Waals surface area contributed by atoms with Crippen LogP contribution < -0.4 is 20.1 Å². The summed E-state index contributed by atoms with van der Waals surface area (Å²) in [6, 6.07) is 9.73. The first-order valence-electron chi connectivity index (χ1n) is 9.57. The van der Waals surface area contributed by atoms with Crippen molar-refractivity contribution in [2.75, 3.05) is 17.1 Å². The molecule has 0 saturated carbocycles. The molecule has 0 saturated heterocycles. The number of carbonyl (C=O) groups is 2. The highest BCUT2D eigenvalue weighted by atomic mass is 79.9. The van der Waals surface area contributed by atoms with Gasteiger partial charge in [-0.25, -0.2) is 13.2 Å². The van der Waals surface area contributed by atoms with Gasteiger partial charge in [0.2, 0.25) is 5.91 Å². The Morgan fingerprint density at radius 2 is 1.69 bits per heavy atom. The van der Waals surface area contributed by atoms with Gasteiger partial charge in [0, 0.05) is 10.2 Å². The topological polar surface area (TPSA) is 123 Å². The third kappa shape index (κ3) is 7.41. The van der Waals surface area contributed by atoms with Gasteiger partial charge in [-0.2, -0.15) is 0 Å². The van der Waals surface area contributed by atoms with E-state index in [4.69, 9.17) is 9.47 Å². The Morgan fingerprint density at radius 1 is 1.06 bits per heavy atom. The number of ether oxygens (including phenoxy) is 2. The van der Waals surface area contributed by atoms with Crippen molar-refractivity contribution in [3.63, 3.8) is 0 Å². The van der Waals surface area contributed by atoms with Crippen LogP contribution in [0.4, 0.5) is 16.2 Å². The minimum absolute atomic E-state index is 0.0624. The van der Waals surface area contributed by atoms with Gasteiger partial charge >= 0.3 is 6.09 Å². The highest BCUT2D eigenvalue weighted by Crippen LogP contribution is 2.30. The molecule has 0 unspecified atom stereocenters. The van der Waals surface area contributed by atoms with Gasteiger partial charge in [-0.1, -0.05) is 15.9 Å². The molecule has 174 valence electrons. The zero-order valence-corrected chi connectivity index (χ0v) is 20.8. The molecule has 0 radical (unpaired) electrons. The number of hydrogen-bond donors (Lipinski definition) is 3. The summed E-state index contributed by atoms with van der Waals surface area (Å²) in [5.41, 5.74) is -0.250. The SMILES string of the molecule is COc1ccc(NC(=O)[C@@H](C)NC(=O)OC(C)(C)C)cc1NS(=O)(=O)c1ccc(Br)cc1. The fraction of sp³-hybridized carbons (Fsp3) is 0.333. The zero-order valence-electron chi connectivity index (χ0n) is 18.4. The molecule has 0 aliphatic heterocycles. The van der Waals surface area contributed by atoms with Crippen molar-refractivity contribution in [2.24, 2.45) is 0 Å². The van der Waals surface area contributed by atoms with E-state index in [2.05, 4.69) is 31.3 Å². The molecule has 0 aliphatic carbocycles. The number of nitrogens with one attached hydrogen (secondary N) is 3. The Labute approximate surface area is 196 Å². The lowest BCUT2D eigenvalue weighted by atomic mass is 10.2. The average molecular weight is 528 g/mol. The Kier molecular flexibility index (Phi) is 8.13. The van der Waals surface area contributed by atoms with Crippen LogP contribution in [0.3, 0.4) is 0 Å². The van der Waals surface area contributed by atoms with Gasteiger partial charge in [0.1, 0.15) is 17.4 Å². The molecule has 2 rings (SSSR count). The number of rotatable bonds is 7. The second-order valence-corrected chi connectivity index (χ2v) is 10.4. The molecule has 0 aromatic heterocycles. The largest absolute Gasteiger partial charge is 0.495 e. The monoisotopic (exact) mass is 527 g/mol. The molecule has 32 heavy (non-hydrogen) atoms. The third-order valence-corrected chi connectivity index (χ3v) is 5.87. The standard InChI is InChI=1S/C21H26BrN3O6S/c1-13(23-20(27)31-21(2,3)4)19(26)24-15-8-11-18(30-5)17(12-15)25-32(28,29)16-9-6-14(22)7-10-16/h6-13,25H,1-5H3,(H,23,27)(H,24,26)/t13-/m1/s1. The summed E-state index contributed by atoms with van der Waals surface area (Å²) in [5, 5.41) is 5.07. The molecule has 9 nitrogen and oxygen atoms in total. The van der Waals surface area contributed by atoms with E-state index < -0.39 is 33.7 Å². The maximum atomic E-state index is 12.7. The van der Waals surface area contributed by atoms with Gasteiger partial charge in [0.15, 0.2) is 0 Å². The second kappa shape index (κ2) is 10.2. The first-order chi connectivity index (χ1) is 14.8. The normalized spacial score (nSPS) is 12.4. The fourth-order valence-corrected chi connectivity index (χ4v) is 3.81. The molecule has 3 N–H and O–H groups in total. The van der Waals surface area contributed by atoms with Crippen LogP contribution in [0.1, 0.15) is 27.7 Å². The van der Waals surface area contributed by atoms with Crippen molar-refractivity contribution in [3.8, 4) is 5.75 Å². The van der Waals surface area contributed by atoms with Crippen LogP contribution in [0.15, 0.2) is 51.8 Å². The molecule has 0 heterocycles. The number of alkyl carbamates (subject to hydrolysis) is 1. The van der Waals surface area contributed by atoms with Gasteiger partial charge in [-0.3, -0.25) is 9.52 Å². The van der Waals surface area contributed by atoms with Gasteiger partial charge in [0.05, 0.1) is 17.7 Å². The van der Waals surface area contributed by atoms with Crippen molar-refractivity contribution in [1.82, 2.24) is 5.32 Å². The number of methoxy groups -OCH3 is 1. The predicted octanol–water partition coefficient (Wildman–Crippen LogP) is 4.11. The maximum absolute atomic E-state index is 12.7. The van der Waals surface area contributed by atoms with E-state index in [-0.39, 0.29) is 16.3 Å². The summed E-state index contributed by atoms with van der Waals surface area (Å²) in [7, 11) is -2.49. The Hall–Kier alpha value is -2.79. The van der Waals surface area contributed by atoms with E-state index in [9.17, 15) is 18.0 Å². The molecule has 0 bridgehead atoms. The summed E-state index contributed by atoms with van der Waals surface area (Å²) in [4.78, 5) is 24.4. The third-order valence-electron chi connectivity index (χ3n) is 3.96. The highest BCUT2D eigenvalue weighted by molar-refractivity contribution is 9.10. The minimum atomic E-state index is -3.89. The Morgan fingerprint density at radius 3 is 2.25 bits per heavy atom. The predicted molar refractivity (Wildman–Crippen MR) is 125 cm³/mol. The van der Waals surface area contributed by atoms with Crippen molar-refractivity contribution in [2.45, 2.75) is 44.2 Å². The number of sulfonamides is 1. The van der Waals surface area contributed by atoms with E-state index in [1.165, 1.54) is 38.3 Å². The lowest BCUT2D eigenvalue weighted by Gasteiger charge is -2.21. The minimum Gasteiger partial charge on any atom is -0.495 e. The molecule has 2 amide bonds. The van der Waals surface area contributed by atoms with Gasteiger partial charge in [-0.05, 0) is 70.2 Å². The van der Waals surface area contributed by atoms with E-state index in [1.54, 1.807) is 39.0 Å². The molecule has 0 fully saturated rings. The summed E-state index contributed by atoms with van der Waals surface area (Å²) in [6.07, 6.45) is -0.724. The van der Waals surface area contributed by atoms with Gasteiger partial charge in [0.25, 0.3) is 10.0 Å². The van der Waals surface area contributed by atoms with Crippen molar-refractivity contribution >= 4 is 49.3 Å². The summed E-state index contributed by atoms with van der Waals surface area (Å²) in [5.74, 6) is -0.244. The molecule has 0 aliphatic rings. The molecule has 11 heteroatoms. The molecule has 1 atom stereocenters. The quantitative estimate of drug-likeness (QED) is 0.497. The van der Waals surface area contributed by atoms with E-state index >= 15 is 0 Å². The van der Waals surface area contributed by atoms with Crippen LogP contribution in [0.5, 0.6) is 5.75 Å². The number of hydrogen-bond acceptors (Lipinski definition) is 6. The molecular formula is C21H26BrN3O6S. The van der Waals surface area contributed by atoms with Crippen molar-refractivity contribution < 1.29 is 27.5 Å². The Bertz CT molecular complexity index is 1080. The van der Waals surface area contributed by atoms with Crippen LogP contribution in [0, 0.1) is 0 Å². The van der Waals surface area contributed by atoms with Crippen LogP contribution in [-0.4, -0.2) is 39.2 Å². The molecule has 0 spiro atoms. The second-order valence-electron chi connectivity index (χ2n) is 7.83. The fourth-order valence-electron chi connectivity index (χ4n) is 2.48. The van der Waals surface area contributed by atoms with Crippen molar-refractivity contribution in [1.29, 1.82) is 0 Å². The number of halogens is 1. The number of amides is 2. The molecule has 2 aromatic rings. The van der Waals surface area contributed by atoms with E-state index in [0.29, 0.717) is 5.69 Å². The van der Waals surface area contributed by atoms with E-state index in [0.717, 1.165) is 4.47 Å². The van der Waals surface area contributed by atoms with Gasteiger partial charge < -0.3 is 20.1 Å². The molecule has 2 aromatic carbocycles. The maximum Gasteiger partial charge on any atom is 0.408 e. The number of carbonyl (C=O) groups excluding carboxylic acids is 2.